The molecule has 0 saturated carbocycles. The summed E-state index contributed by atoms with van der Waals surface area (Å²) in [5.41, 5.74) is 3.71. The van der Waals surface area contributed by atoms with Gasteiger partial charge in [0.2, 0.25) is 5.91 Å². The minimum atomic E-state index is -0.246. The third-order valence-electron chi connectivity index (χ3n) is 5.07. The lowest BCUT2D eigenvalue weighted by molar-refractivity contribution is -0.131. The number of anilines is 2. The Morgan fingerprint density at radius 2 is 1.70 bits per heavy atom. The molecule has 0 spiro atoms. The number of halogens is 1. The van der Waals surface area contributed by atoms with Gasteiger partial charge in [0.25, 0.3) is 5.91 Å². The average molecular weight is 430 g/mol. The molecule has 1 heterocycles. The minimum Gasteiger partial charge on any atom is -0.484 e. The molecule has 0 aliphatic carbocycles. The molecule has 0 unspecified atom stereocenters. The van der Waals surface area contributed by atoms with Gasteiger partial charge in [0.05, 0.1) is 10.7 Å². The van der Waals surface area contributed by atoms with E-state index >= 15 is 0 Å². The molecular weight excluding hydrogens is 402 g/mol. The number of nitrogens with zero attached hydrogens (tertiary/aromatic N) is 2. The van der Waals surface area contributed by atoms with E-state index in [4.69, 9.17) is 16.3 Å². The van der Waals surface area contributed by atoms with E-state index in [0.29, 0.717) is 36.0 Å². The van der Waals surface area contributed by atoms with Crippen molar-refractivity contribution in [2.45, 2.75) is 27.2 Å². The largest absolute Gasteiger partial charge is 0.484 e. The number of carbonyl (C=O) groups excluding carboxylic acids is 2. The number of nitrogens with one attached hydrogen (secondary N) is 1. The summed E-state index contributed by atoms with van der Waals surface area (Å²) in [5, 5.41) is 3.39. The number of carbonyl (C=O) groups is 2. The topological polar surface area (TPSA) is 61.9 Å². The zero-order chi connectivity index (χ0) is 21.7. The Balaban J connectivity index is 1.55. The molecule has 3 rings (SSSR count). The summed E-state index contributed by atoms with van der Waals surface area (Å²) in [5.74, 6) is 0.614. The lowest BCUT2D eigenvalue weighted by Crippen LogP contribution is -2.48. The highest BCUT2D eigenvalue weighted by Crippen LogP contribution is 2.29. The van der Waals surface area contributed by atoms with Gasteiger partial charge < -0.3 is 19.9 Å². The van der Waals surface area contributed by atoms with Gasteiger partial charge in [-0.3, -0.25) is 9.59 Å². The van der Waals surface area contributed by atoms with Crippen LogP contribution in [0.15, 0.2) is 36.4 Å². The Kier molecular flexibility index (Phi) is 7.21. The van der Waals surface area contributed by atoms with Crippen molar-refractivity contribution in [3.8, 4) is 5.75 Å². The number of aryl methyl sites for hydroxylation is 2. The molecule has 2 aromatic carbocycles. The van der Waals surface area contributed by atoms with Crippen LogP contribution in [-0.4, -0.2) is 49.5 Å². The summed E-state index contributed by atoms with van der Waals surface area (Å²) in [7, 11) is 0. The van der Waals surface area contributed by atoms with Crippen LogP contribution in [0.25, 0.3) is 0 Å². The lowest BCUT2D eigenvalue weighted by Gasteiger charge is -2.36. The third-order valence-corrected chi connectivity index (χ3v) is 5.37. The summed E-state index contributed by atoms with van der Waals surface area (Å²) in [6.07, 6.45) is 0.530. The van der Waals surface area contributed by atoms with Crippen LogP contribution in [0.3, 0.4) is 0 Å². The van der Waals surface area contributed by atoms with Crippen LogP contribution in [0.2, 0.25) is 5.02 Å². The van der Waals surface area contributed by atoms with Crippen molar-refractivity contribution in [1.82, 2.24) is 4.90 Å². The number of hydrogen-bond acceptors (Lipinski definition) is 4. The van der Waals surface area contributed by atoms with Gasteiger partial charge in [-0.1, -0.05) is 24.6 Å². The smallest absolute Gasteiger partial charge is 0.262 e. The first-order chi connectivity index (χ1) is 14.4. The van der Waals surface area contributed by atoms with Crippen molar-refractivity contribution in [3.63, 3.8) is 0 Å². The third kappa shape index (κ3) is 5.66. The van der Waals surface area contributed by atoms with Crippen LogP contribution < -0.4 is 15.0 Å². The highest BCUT2D eigenvalue weighted by Gasteiger charge is 2.21. The van der Waals surface area contributed by atoms with Crippen LogP contribution in [0.5, 0.6) is 5.75 Å². The Bertz CT molecular complexity index is 904. The quantitative estimate of drug-likeness (QED) is 0.753. The molecule has 0 atom stereocenters. The maximum atomic E-state index is 12.3. The van der Waals surface area contributed by atoms with Gasteiger partial charge >= 0.3 is 0 Å². The predicted octanol–water partition coefficient (Wildman–Crippen LogP) is 4.03. The van der Waals surface area contributed by atoms with Crippen molar-refractivity contribution in [1.29, 1.82) is 0 Å². The number of amides is 2. The molecule has 1 aliphatic heterocycles. The van der Waals surface area contributed by atoms with Crippen LogP contribution in [0, 0.1) is 13.8 Å². The second-order valence-corrected chi connectivity index (χ2v) is 7.96. The monoisotopic (exact) mass is 429 g/mol. The number of piperazine rings is 1. The Morgan fingerprint density at radius 1 is 1.03 bits per heavy atom. The maximum Gasteiger partial charge on any atom is 0.262 e. The first-order valence-electron chi connectivity index (χ1n) is 10.2. The molecular formula is C23H28ClN3O3. The molecule has 1 saturated heterocycles. The maximum absolute atomic E-state index is 12.3. The molecule has 0 aromatic heterocycles. The van der Waals surface area contributed by atoms with Crippen LogP contribution >= 0.6 is 11.6 Å². The Morgan fingerprint density at radius 3 is 2.30 bits per heavy atom. The van der Waals surface area contributed by atoms with Gasteiger partial charge in [-0.05, 0) is 55.3 Å². The lowest BCUT2D eigenvalue weighted by atomic mass is 10.1. The SMILES string of the molecule is CCC(=O)N1CCN(c2ccc(NC(=O)COc3cc(C)cc(C)c3)cc2Cl)CC1. The molecule has 7 heteroatoms. The highest BCUT2D eigenvalue weighted by atomic mass is 35.5. The molecule has 2 aromatic rings. The molecule has 0 bridgehead atoms. The number of benzene rings is 2. The van der Waals surface area contributed by atoms with Crippen molar-refractivity contribution in [2.24, 2.45) is 0 Å². The van der Waals surface area contributed by atoms with E-state index in [0.717, 1.165) is 29.9 Å². The molecule has 6 nitrogen and oxygen atoms in total. The van der Waals surface area contributed by atoms with Gasteiger partial charge in [-0.25, -0.2) is 0 Å². The fraction of sp³-hybridized carbons (Fsp3) is 0.391. The summed E-state index contributed by atoms with van der Waals surface area (Å²) in [4.78, 5) is 28.1. The number of rotatable bonds is 6. The van der Waals surface area contributed by atoms with E-state index < -0.39 is 0 Å². The predicted molar refractivity (Wildman–Crippen MR) is 121 cm³/mol. The molecule has 2 amide bonds. The van der Waals surface area contributed by atoms with Crippen molar-refractivity contribution in [2.75, 3.05) is 43.0 Å². The summed E-state index contributed by atoms with van der Waals surface area (Å²) >= 11 is 6.48. The zero-order valence-electron chi connectivity index (χ0n) is 17.7. The van der Waals surface area contributed by atoms with Crippen molar-refractivity contribution < 1.29 is 14.3 Å². The fourth-order valence-corrected chi connectivity index (χ4v) is 3.92. The van der Waals surface area contributed by atoms with E-state index in [9.17, 15) is 9.59 Å². The molecule has 1 fully saturated rings. The second kappa shape index (κ2) is 9.85. The molecule has 160 valence electrons. The summed E-state index contributed by atoms with van der Waals surface area (Å²) in [6.45, 7) is 8.65. The Labute approximate surface area is 182 Å². The first kappa shape index (κ1) is 22.0. The summed E-state index contributed by atoms with van der Waals surface area (Å²) in [6, 6.07) is 11.3. The fourth-order valence-electron chi connectivity index (χ4n) is 3.62. The molecule has 1 aliphatic rings. The standard InChI is InChI=1S/C23H28ClN3O3/c1-4-23(29)27-9-7-26(8-10-27)21-6-5-18(14-20(21)24)25-22(28)15-30-19-12-16(2)11-17(3)13-19/h5-6,11-14H,4,7-10,15H2,1-3H3,(H,25,28). The van der Waals surface area contributed by atoms with Crippen molar-refractivity contribution in [3.05, 3.63) is 52.5 Å². The van der Waals surface area contributed by atoms with Gasteiger partial charge in [0.15, 0.2) is 6.61 Å². The molecule has 30 heavy (non-hydrogen) atoms. The van der Waals surface area contributed by atoms with Crippen LogP contribution in [0.1, 0.15) is 24.5 Å². The van der Waals surface area contributed by atoms with Crippen LogP contribution in [-0.2, 0) is 9.59 Å². The van der Waals surface area contributed by atoms with E-state index in [1.54, 1.807) is 6.07 Å². The van der Waals surface area contributed by atoms with Crippen molar-refractivity contribution >= 4 is 34.8 Å². The minimum absolute atomic E-state index is 0.0737. The van der Waals surface area contributed by atoms with Crippen LogP contribution in [0.4, 0.5) is 11.4 Å². The van der Waals surface area contributed by atoms with E-state index in [1.165, 1.54) is 0 Å². The second-order valence-electron chi connectivity index (χ2n) is 7.55. The van der Waals surface area contributed by atoms with Gasteiger partial charge in [0, 0.05) is 38.3 Å². The highest BCUT2D eigenvalue weighted by molar-refractivity contribution is 6.33. The van der Waals surface area contributed by atoms with Gasteiger partial charge in [-0.15, -0.1) is 0 Å². The summed E-state index contributed by atoms with van der Waals surface area (Å²) < 4.78 is 5.60. The normalized spacial score (nSPS) is 13.9. The molecule has 0 radical (unpaired) electrons. The molecule has 1 N–H and O–H groups in total. The van der Waals surface area contributed by atoms with E-state index in [2.05, 4.69) is 16.3 Å². The van der Waals surface area contributed by atoms with Gasteiger partial charge in [0.1, 0.15) is 5.75 Å². The zero-order valence-corrected chi connectivity index (χ0v) is 18.5. The number of hydrogen-bond donors (Lipinski definition) is 1. The Hall–Kier alpha value is -2.73. The van der Waals surface area contributed by atoms with Gasteiger partial charge in [-0.2, -0.15) is 0 Å². The average Bonchev–Trinajstić information content (AvgIpc) is 2.71. The number of ether oxygens (including phenoxy) is 1. The van der Waals surface area contributed by atoms with E-state index in [1.807, 2.05) is 49.9 Å². The van der Waals surface area contributed by atoms with E-state index in [-0.39, 0.29) is 18.4 Å². The first-order valence-corrected chi connectivity index (χ1v) is 10.6.